The summed E-state index contributed by atoms with van der Waals surface area (Å²) >= 11 is 1.76. The first-order valence-corrected chi connectivity index (χ1v) is 9.02. The molecular weight excluding hydrogens is 336 g/mol. The van der Waals surface area contributed by atoms with Crippen LogP contribution in [0.3, 0.4) is 0 Å². The number of hydrogen-bond donors (Lipinski definition) is 3. The number of guanidine groups is 1. The maximum Gasteiger partial charge on any atom is 0.221 e. The molecule has 0 aliphatic carbocycles. The van der Waals surface area contributed by atoms with Gasteiger partial charge in [-0.05, 0) is 30.0 Å². The summed E-state index contributed by atoms with van der Waals surface area (Å²) in [6.45, 7) is 3.44. The van der Waals surface area contributed by atoms with Crippen LogP contribution in [-0.4, -0.2) is 38.6 Å². The third-order valence-electron chi connectivity index (χ3n) is 3.29. The minimum atomic E-state index is -0.101. The van der Waals surface area contributed by atoms with E-state index in [2.05, 4.69) is 38.5 Å². The van der Waals surface area contributed by atoms with E-state index in [0.29, 0.717) is 18.9 Å². The van der Waals surface area contributed by atoms with E-state index >= 15 is 0 Å². The second kappa shape index (κ2) is 10.4. The predicted molar refractivity (Wildman–Crippen MR) is 104 cm³/mol. The van der Waals surface area contributed by atoms with E-state index in [-0.39, 0.29) is 5.91 Å². The molecule has 6 nitrogen and oxygen atoms in total. The number of carbonyl (C=O) groups excluding carboxylic acids is 1. The number of nitrogens with zero attached hydrogens (tertiary/aromatic N) is 1. The lowest BCUT2D eigenvalue weighted by molar-refractivity contribution is -0.114. The molecule has 0 fully saturated rings. The van der Waals surface area contributed by atoms with Gasteiger partial charge >= 0.3 is 0 Å². The number of hydrogen-bond acceptors (Lipinski definition) is 4. The molecule has 134 valence electrons. The van der Waals surface area contributed by atoms with Crippen molar-refractivity contribution in [2.75, 3.05) is 32.1 Å². The Hall–Kier alpha value is -2.54. The van der Waals surface area contributed by atoms with Crippen molar-refractivity contribution < 1.29 is 9.53 Å². The average Bonchev–Trinajstić information content (AvgIpc) is 3.10. The van der Waals surface area contributed by atoms with Crippen LogP contribution in [0, 0.1) is 0 Å². The number of nitrogens with one attached hydrogen (secondary N) is 3. The van der Waals surface area contributed by atoms with Crippen LogP contribution in [-0.2, 0) is 11.2 Å². The van der Waals surface area contributed by atoms with Crippen LogP contribution in [0.4, 0.5) is 5.69 Å². The number of ether oxygens (including phenoxy) is 1. The molecule has 1 heterocycles. The highest BCUT2D eigenvalue weighted by Crippen LogP contribution is 2.17. The van der Waals surface area contributed by atoms with E-state index in [1.165, 1.54) is 11.8 Å². The van der Waals surface area contributed by atoms with Gasteiger partial charge in [0.25, 0.3) is 0 Å². The fourth-order valence-electron chi connectivity index (χ4n) is 2.18. The molecule has 0 atom stereocenters. The largest absolute Gasteiger partial charge is 0.492 e. The highest BCUT2D eigenvalue weighted by molar-refractivity contribution is 7.09. The van der Waals surface area contributed by atoms with Gasteiger partial charge in [0.15, 0.2) is 5.96 Å². The van der Waals surface area contributed by atoms with Gasteiger partial charge in [0.05, 0.1) is 6.54 Å². The summed E-state index contributed by atoms with van der Waals surface area (Å²) < 4.78 is 5.69. The SMILES string of the molecule is CN=C(NCCOc1cccc(NC(C)=O)c1)NCCc1cccs1. The molecule has 0 bridgehead atoms. The third kappa shape index (κ3) is 7.26. The first-order valence-electron chi connectivity index (χ1n) is 8.14. The quantitative estimate of drug-likeness (QED) is 0.384. The summed E-state index contributed by atoms with van der Waals surface area (Å²) in [5, 5.41) is 11.3. The lowest BCUT2D eigenvalue weighted by Crippen LogP contribution is -2.40. The van der Waals surface area contributed by atoms with Crippen LogP contribution in [0.15, 0.2) is 46.8 Å². The number of aliphatic imine (C=N–C) groups is 1. The van der Waals surface area contributed by atoms with Crippen LogP contribution >= 0.6 is 11.3 Å². The lowest BCUT2D eigenvalue weighted by atomic mass is 10.3. The van der Waals surface area contributed by atoms with E-state index < -0.39 is 0 Å². The summed E-state index contributed by atoms with van der Waals surface area (Å²) in [5.74, 6) is 1.37. The van der Waals surface area contributed by atoms with Gasteiger partial charge in [0.1, 0.15) is 12.4 Å². The molecule has 2 rings (SSSR count). The lowest BCUT2D eigenvalue weighted by Gasteiger charge is -2.12. The molecule has 0 aliphatic rings. The number of rotatable bonds is 8. The summed E-state index contributed by atoms with van der Waals surface area (Å²) in [5.41, 5.74) is 0.726. The number of benzene rings is 1. The molecule has 25 heavy (non-hydrogen) atoms. The highest BCUT2D eigenvalue weighted by Gasteiger charge is 2.01. The Morgan fingerprint density at radius 3 is 2.76 bits per heavy atom. The summed E-state index contributed by atoms with van der Waals surface area (Å²) in [6.07, 6.45) is 0.977. The first kappa shape index (κ1) is 18.8. The normalized spacial score (nSPS) is 11.0. The number of carbonyl (C=O) groups is 1. The molecule has 0 unspecified atom stereocenters. The molecule has 3 N–H and O–H groups in total. The van der Waals surface area contributed by atoms with Crippen molar-refractivity contribution in [1.82, 2.24) is 10.6 Å². The summed E-state index contributed by atoms with van der Waals surface area (Å²) in [7, 11) is 1.75. The fraction of sp³-hybridized carbons (Fsp3) is 0.333. The molecule has 1 amide bonds. The van der Waals surface area contributed by atoms with Gasteiger partial charge in [0.2, 0.25) is 5.91 Å². The standard InChI is InChI=1S/C18H24N4O2S/c1-14(23)22-15-5-3-6-16(13-15)24-11-10-21-18(19-2)20-9-8-17-7-4-12-25-17/h3-7,12-13H,8-11H2,1-2H3,(H,22,23)(H2,19,20,21). The Morgan fingerprint density at radius 1 is 1.20 bits per heavy atom. The number of thiophene rings is 1. The number of anilines is 1. The molecule has 0 radical (unpaired) electrons. The number of amides is 1. The van der Waals surface area contributed by atoms with Gasteiger partial charge in [-0.15, -0.1) is 11.3 Å². The molecule has 0 saturated heterocycles. The van der Waals surface area contributed by atoms with Crippen molar-refractivity contribution in [3.05, 3.63) is 46.7 Å². The van der Waals surface area contributed by atoms with Crippen molar-refractivity contribution in [2.45, 2.75) is 13.3 Å². The van der Waals surface area contributed by atoms with Gasteiger partial charge in [-0.2, -0.15) is 0 Å². The van der Waals surface area contributed by atoms with Crippen molar-refractivity contribution in [3.63, 3.8) is 0 Å². The third-order valence-corrected chi connectivity index (χ3v) is 4.22. The Labute approximate surface area is 152 Å². The molecule has 0 spiro atoms. The van der Waals surface area contributed by atoms with Crippen molar-refractivity contribution >= 4 is 28.9 Å². The Kier molecular flexibility index (Phi) is 7.78. The van der Waals surface area contributed by atoms with Crippen molar-refractivity contribution in [1.29, 1.82) is 0 Å². The highest BCUT2D eigenvalue weighted by atomic mass is 32.1. The zero-order chi connectivity index (χ0) is 17.9. The first-order chi connectivity index (χ1) is 12.2. The van der Waals surface area contributed by atoms with E-state index in [9.17, 15) is 4.79 Å². The van der Waals surface area contributed by atoms with Crippen LogP contribution in [0.1, 0.15) is 11.8 Å². The Balaban J connectivity index is 1.66. The topological polar surface area (TPSA) is 74.8 Å². The molecule has 0 aliphatic heterocycles. The Morgan fingerprint density at radius 2 is 2.04 bits per heavy atom. The van der Waals surface area contributed by atoms with Gasteiger partial charge in [-0.3, -0.25) is 9.79 Å². The van der Waals surface area contributed by atoms with E-state index in [4.69, 9.17) is 4.74 Å². The van der Waals surface area contributed by atoms with Crippen molar-refractivity contribution in [3.8, 4) is 5.75 Å². The molecule has 1 aromatic heterocycles. The van der Waals surface area contributed by atoms with Gasteiger partial charge < -0.3 is 20.7 Å². The van der Waals surface area contributed by atoms with E-state index in [0.717, 1.165) is 24.6 Å². The van der Waals surface area contributed by atoms with Crippen LogP contribution < -0.4 is 20.7 Å². The second-order valence-corrected chi connectivity index (χ2v) is 6.34. The molecular formula is C18H24N4O2S. The zero-order valence-electron chi connectivity index (χ0n) is 14.5. The summed E-state index contributed by atoms with van der Waals surface area (Å²) in [4.78, 5) is 16.6. The minimum absolute atomic E-state index is 0.101. The zero-order valence-corrected chi connectivity index (χ0v) is 15.4. The average molecular weight is 360 g/mol. The predicted octanol–water partition coefficient (Wildman–Crippen LogP) is 2.49. The van der Waals surface area contributed by atoms with E-state index in [1.807, 2.05) is 18.2 Å². The maximum atomic E-state index is 11.1. The van der Waals surface area contributed by atoms with Gasteiger partial charge in [-0.25, -0.2) is 0 Å². The molecule has 1 aromatic carbocycles. The maximum absolute atomic E-state index is 11.1. The molecule has 2 aromatic rings. The van der Waals surface area contributed by atoms with Gasteiger partial charge in [0, 0.05) is 37.1 Å². The minimum Gasteiger partial charge on any atom is -0.492 e. The molecule has 0 saturated carbocycles. The van der Waals surface area contributed by atoms with Crippen molar-refractivity contribution in [2.24, 2.45) is 4.99 Å². The smallest absolute Gasteiger partial charge is 0.221 e. The van der Waals surface area contributed by atoms with Crippen LogP contribution in [0.25, 0.3) is 0 Å². The van der Waals surface area contributed by atoms with E-state index in [1.54, 1.807) is 24.5 Å². The second-order valence-electron chi connectivity index (χ2n) is 5.31. The van der Waals surface area contributed by atoms with Gasteiger partial charge in [-0.1, -0.05) is 12.1 Å². The summed E-state index contributed by atoms with van der Waals surface area (Å²) in [6, 6.07) is 11.5. The van der Waals surface area contributed by atoms with Crippen LogP contribution in [0.2, 0.25) is 0 Å². The fourth-order valence-corrected chi connectivity index (χ4v) is 2.89. The Bertz CT molecular complexity index is 686. The monoisotopic (exact) mass is 360 g/mol. The molecule has 7 heteroatoms. The van der Waals surface area contributed by atoms with Crippen LogP contribution in [0.5, 0.6) is 5.75 Å².